The van der Waals surface area contributed by atoms with Crippen LogP contribution in [-0.2, 0) is 21.2 Å². The van der Waals surface area contributed by atoms with Crippen molar-refractivity contribution in [2.75, 3.05) is 37.6 Å². The zero-order valence-corrected chi connectivity index (χ0v) is 14.8. The van der Waals surface area contributed by atoms with Crippen molar-refractivity contribution >= 4 is 21.6 Å². The number of hydrogen-bond acceptors (Lipinski definition) is 4. The number of carbonyl (C=O) groups excluding carboxylic acids is 1. The third-order valence-corrected chi connectivity index (χ3v) is 7.38. The molecular formula is C17H23N3O3S. The maximum atomic E-state index is 13.0. The van der Waals surface area contributed by atoms with Crippen molar-refractivity contribution in [3.8, 4) is 0 Å². The molecule has 0 saturated carbocycles. The van der Waals surface area contributed by atoms with Crippen LogP contribution in [0.4, 0.5) is 5.69 Å². The molecule has 6 nitrogen and oxygen atoms in total. The smallest absolute Gasteiger partial charge is 0.243 e. The number of carbonyl (C=O) groups is 1. The lowest BCUT2D eigenvalue weighted by Crippen LogP contribution is -2.51. The molecule has 3 heterocycles. The average molecular weight is 349 g/mol. The number of anilines is 1. The Balaban J connectivity index is 1.60. The van der Waals surface area contributed by atoms with Gasteiger partial charge in [0.1, 0.15) is 0 Å². The van der Waals surface area contributed by atoms with Crippen LogP contribution in [0.15, 0.2) is 23.1 Å². The van der Waals surface area contributed by atoms with E-state index < -0.39 is 10.0 Å². The van der Waals surface area contributed by atoms with E-state index >= 15 is 0 Å². The molecule has 0 bridgehead atoms. The quantitative estimate of drug-likeness (QED) is 0.801. The lowest BCUT2D eigenvalue weighted by Gasteiger charge is -2.36. The van der Waals surface area contributed by atoms with Crippen molar-refractivity contribution in [3.63, 3.8) is 0 Å². The van der Waals surface area contributed by atoms with Gasteiger partial charge in [0.05, 0.1) is 4.90 Å². The average Bonchev–Trinajstić information content (AvgIpc) is 3.19. The van der Waals surface area contributed by atoms with Crippen molar-refractivity contribution < 1.29 is 13.2 Å². The van der Waals surface area contributed by atoms with E-state index in [-0.39, 0.29) is 5.91 Å². The highest BCUT2D eigenvalue weighted by Crippen LogP contribution is 2.32. The van der Waals surface area contributed by atoms with Gasteiger partial charge in [0, 0.05) is 44.8 Å². The zero-order chi connectivity index (χ0) is 16.9. The highest BCUT2D eigenvalue weighted by atomic mass is 32.2. The van der Waals surface area contributed by atoms with Gasteiger partial charge in [-0.1, -0.05) is 0 Å². The number of piperazine rings is 1. The van der Waals surface area contributed by atoms with Gasteiger partial charge in [0.15, 0.2) is 0 Å². The summed E-state index contributed by atoms with van der Waals surface area (Å²) in [4.78, 5) is 16.1. The first-order valence-electron chi connectivity index (χ1n) is 8.62. The minimum Gasteiger partial charge on any atom is -0.312 e. The second-order valence-corrected chi connectivity index (χ2v) is 8.84. The number of rotatable bonds is 2. The molecule has 3 aliphatic heterocycles. The molecule has 130 valence electrons. The van der Waals surface area contributed by atoms with Crippen molar-refractivity contribution in [2.24, 2.45) is 0 Å². The highest BCUT2D eigenvalue weighted by molar-refractivity contribution is 7.89. The largest absolute Gasteiger partial charge is 0.312 e. The van der Waals surface area contributed by atoms with Crippen molar-refractivity contribution in [2.45, 2.75) is 37.1 Å². The molecule has 7 heteroatoms. The van der Waals surface area contributed by atoms with E-state index in [0.29, 0.717) is 37.0 Å². The number of benzene rings is 1. The molecule has 2 saturated heterocycles. The van der Waals surface area contributed by atoms with Gasteiger partial charge in [0.25, 0.3) is 0 Å². The van der Waals surface area contributed by atoms with Crippen LogP contribution in [-0.4, -0.2) is 62.3 Å². The Kier molecular flexibility index (Phi) is 3.89. The Hall–Kier alpha value is -1.44. The normalized spacial score (nSPS) is 24.9. The monoisotopic (exact) mass is 349 g/mol. The van der Waals surface area contributed by atoms with E-state index in [0.717, 1.165) is 37.2 Å². The molecular weight excluding hydrogens is 326 g/mol. The first kappa shape index (κ1) is 16.1. The number of fused-ring (bicyclic) bond motifs is 2. The Morgan fingerprint density at radius 1 is 1.17 bits per heavy atom. The summed E-state index contributed by atoms with van der Waals surface area (Å²) in [6.07, 6.45) is 2.97. The summed E-state index contributed by atoms with van der Waals surface area (Å²) in [6, 6.07) is 5.56. The minimum atomic E-state index is -3.46. The predicted molar refractivity (Wildman–Crippen MR) is 91.5 cm³/mol. The highest BCUT2D eigenvalue weighted by Gasteiger charge is 2.36. The molecule has 4 rings (SSSR count). The van der Waals surface area contributed by atoms with E-state index in [1.54, 1.807) is 34.3 Å². The van der Waals surface area contributed by atoms with Crippen LogP contribution in [0.5, 0.6) is 0 Å². The van der Waals surface area contributed by atoms with Crippen molar-refractivity contribution in [1.82, 2.24) is 9.21 Å². The van der Waals surface area contributed by atoms with E-state index in [4.69, 9.17) is 0 Å². The van der Waals surface area contributed by atoms with Crippen molar-refractivity contribution in [3.05, 3.63) is 23.8 Å². The van der Waals surface area contributed by atoms with Crippen LogP contribution < -0.4 is 4.90 Å². The lowest BCUT2D eigenvalue weighted by atomic mass is 10.2. The number of amides is 1. The summed E-state index contributed by atoms with van der Waals surface area (Å²) in [5.41, 5.74) is 1.80. The molecule has 1 amide bonds. The lowest BCUT2D eigenvalue weighted by molar-refractivity contribution is -0.116. The molecule has 0 N–H and O–H groups in total. The maximum absolute atomic E-state index is 13.0. The maximum Gasteiger partial charge on any atom is 0.243 e. The fourth-order valence-electron chi connectivity index (χ4n) is 4.20. The van der Waals surface area contributed by atoms with E-state index in [9.17, 15) is 13.2 Å². The first-order chi connectivity index (χ1) is 11.5. The number of sulfonamides is 1. The van der Waals surface area contributed by atoms with Crippen LogP contribution in [0.3, 0.4) is 0 Å². The molecule has 1 aromatic rings. The Bertz CT molecular complexity index is 777. The van der Waals surface area contributed by atoms with E-state index in [2.05, 4.69) is 4.90 Å². The second-order valence-electron chi connectivity index (χ2n) is 6.91. The van der Waals surface area contributed by atoms with Crippen LogP contribution in [0.1, 0.15) is 25.3 Å². The van der Waals surface area contributed by atoms with Crippen molar-refractivity contribution in [1.29, 1.82) is 0 Å². The Morgan fingerprint density at radius 2 is 2.00 bits per heavy atom. The van der Waals surface area contributed by atoms with Crippen LogP contribution in [0.2, 0.25) is 0 Å². The summed E-state index contributed by atoms with van der Waals surface area (Å²) in [6.45, 7) is 5.26. The molecule has 0 aliphatic carbocycles. The zero-order valence-electron chi connectivity index (χ0n) is 13.9. The molecule has 1 atom stereocenters. The molecule has 0 spiro atoms. The van der Waals surface area contributed by atoms with Gasteiger partial charge in [-0.3, -0.25) is 9.69 Å². The van der Waals surface area contributed by atoms with Gasteiger partial charge >= 0.3 is 0 Å². The molecule has 0 aromatic heterocycles. The molecule has 0 radical (unpaired) electrons. The fourth-order valence-corrected chi connectivity index (χ4v) is 5.72. The van der Waals surface area contributed by atoms with E-state index in [1.807, 2.05) is 0 Å². The summed E-state index contributed by atoms with van der Waals surface area (Å²) >= 11 is 0. The molecule has 2 fully saturated rings. The van der Waals surface area contributed by atoms with Gasteiger partial charge < -0.3 is 4.90 Å². The van der Waals surface area contributed by atoms with Gasteiger partial charge in [-0.15, -0.1) is 0 Å². The van der Waals surface area contributed by atoms with Crippen LogP contribution in [0, 0.1) is 0 Å². The van der Waals surface area contributed by atoms with Gasteiger partial charge in [-0.25, -0.2) is 8.42 Å². The van der Waals surface area contributed by atoms with Crippen LogP contribution >= 0.6 is 0 Å². The fraction of sp³-hybridized carbons (Fsp3) is 0.588. The molecule has 1 aromatic carbocycles. The second kappa shape index (κ2) is 5.82. The molecule has 3 aliphatic rings. The van der Waals surface area contributed by atoms with Gasteiger partial charge in [-0.2, -0.15) is 4.31 Å². The summed E-state index contributed by atoms with van der Waals surface area (Å²) in [5.74, 6) is 0.00159. The molecule has 0 unspecified atom stereocenters. The standard InChI is InChI=1S/C17H23N3O3S/c1-13(21)20-8-6-14-11-16(4-5-17(14)20)24(22,23)19-10-9-18-7-2-3-15(18)12-19/h4-5,11,15H,2-3,6-10,12H2,1H3/t15-/m0/s1. The van der Waals surface area contributed by atoms with Gasteiger partial charge in [-0.05, 0) is 49.6 Å². The number of hydrogen-bond donors (Lipinski definition) is 0. The molecule has 24 heavy (non-hydrogen) atoms. The van der Waals surface area contributed by atoms with Crippen LogP contribution in [0.25, 0.3) is 0 Å². The third kappa shape index (κ3) is 2.55. The summed E-state index contributed by atoms with van der Waals surface area (Å²) in [5, 5.41) is 0. The minimum absolute atomic E-state index is 0.00159. The first-order valence-corrected chi connectivity index (χ1v) is 10.1. The summed E-state index contributed by atoms with van der Waals surface area (Å²) in [7, 11) is -3.46. The topological polar surface area (TPSA) is 60.9 Å². The Morgan fingerprint density at radius 3 is 2.79 bits per heavy atom. The predicted octanol–water partition coefficient (Wildman–Crippen LogP) is 1.06. The number of nitrogens with zero attached hydrogens (tertiary/aromatic N) is 3. The Labute approximate surface area is 143 Å². The third-order valence-electron chi connectivity index (χ3n) is 5.51. The summed E-state index contributed by atoms with van der Waals surface area (Å²) < 4.78 is 27.7. The van der Waals surface area contributed by atoms with E-state index in [1.165, 1.54) is 0 Å². The SMILES string of the molecule is CC(=O)N1CCc2cc(S(=O)(=O)N3CCN4CCC[C@H]4C3)ccc21. The van der Waals surface area contributed by atoms with Gasteiger partial charge in [0.2, 0.25) is 15.9 Å².